The van der Waals surface area contributed by atoms with Crippen LogP contribution in [-0.4, -0.2) is 14.5 Å². The molecule has 0 spiro atoms. The number of rotatable bonds is 2. The number of aromatic nitrogens is 3. The number of benzene rings is 2. The fourth-order valence-corrected chi connectivity index (χ4v) is 3.10. The molecule has 0 saturated heterocycles. The van der Waals surface area contributed by atoms with Gasteiger partial charge in [-0.15, -0.1) is 0 Å². The summed E-state index contributed by atoms with van der Waals surface area (Å²) >= 11 is 12.2. The number of halogens is 3. The van der Waals surface area contributed by atoms with Crippen LogP contribution in [0.1, 0.15) is 0 Å². The molecule has 0 aliphatic heterocycles. The predicted molar refractivity (Wildman–Crippen MR) is 94.3 cm³/mol. The summed E-state index contributed by atoms with van der Waals surface area (Å²) in [6.07, 6.45) is 3.31. The Morgan fingerprint density at radius 2 is 1.75 bits per heavy atom. The molecule has 0 radical (unpaired) electrons. The van der Waals surface area contributed by atoms with Gasteiger partial charge in [0.25, 0.3) is 0 Å². The molecule has 0 aliphatic carbocycles. The molecule has 0 amide bonds. The van der Waals surface area contributed by atoms with Crippen molar-refractivity contribution in [2.45, 2.75) is 0 Å². The van der Waals surface area contributed by atoms with E-state index in [9.17, 15) is 4.39 Å². The zero-order valence-corrected chi connectivity index (χ0v) is 13.8. The molecule has 2 aromatic heterocycles. The Morgan fingerprint density at radius 3 is 2.50 bits per heavy atom. The Hall–Kier alpha value is -2.43. The van der Waals surface area contributed by atoms with Crippen LogP contribution in [-0.2, 0) is 0 Å². The summed E-state index contributed by atoms with van der Waals surface area (Å²) in [5.74, 6) is -0.465. The van der Waals surface area contributed by atoms with E-state index in [2.05, 4.69) is 9.97 Å². The van der Waals surface area contributed by atoms with Gasteiger partial charge in [-0.1, -0.05) is 53.5 Å². The van der Waals surface area contributed by atoms with Crippen LogP contribution in [0.3, 0.4) is 0 Å². The van der Waals surface area contributed by atoms with E-state index in [1.165, 1.54) is 12.4 Å². The molecule has 0 fully saturated rings. The maximum Gasteiger partial charge on any atom is 0.150 e. The van der Waals surface area contributed by atoms with E-state index in [0.29, 0.717) is 16.5 Å². The van der Waals surface area contributed by atoms with Gasteiger partial charge in [-0.05, 0) is 23.8 Å². The van der Waals surface area contributed by atoms with Crippen molar-refractivity contribution in [1.82, 2.24) is 14.5 Å². The molecule has 0 atom stereocenters. The zero-order valence-electron chi connectivity index (χ0n) is 12.2. The average molecular weight is 358 g/mol. The van der Waals surface area contributed by atoms with Gasteiger partial charge in [0.2, 0.25) is 0 Å². The highest BCUT2D eigenvalue weighted by Gasteiger charge is 2.16. The van der Waals surface area contributed by atoms with Crippen LogP contribution in [0.4, 0.5) is 4.39 Å². The maximum absolute atomic E-state index is 13.5. The quantitative estimate of drug-likeness (QED) is 0.441. The molecule has 4 rings (SSSR count). The van der Waals surface area contributed by atoms with Gasteiger partial charge in [0.05, 0.1) is 10.4 Å². The summed E-state index contributed by atoms with van der Waals surface area (Å²) < 4.78 is 15.3. The van der Waals surface area contributed by atoms with Gasteiger partial charge in [0.1, 0.15) is 22.9 Å². The Kier molecular flexibility index (Phi) is 3.71. The minimum Gasteiger partial charge on any atom is -0.300 e. The topological polar surface area (TPSA) is 30.7 Å². The van der Waals surface area contributed by atoms with Crippen molar-refractivity contribution in [3.8, 4) is 16.8 Å². The second kappa shape index (κ2) is 5.89. The molecule has 2 aromatic carbocycles. The summed E-state index contributed by atoms with van der Waals surface area (Å²) in [7, 11) is 0. The third kappa shape index (κ3) is 2.44. The lowest BCUT2D eigenvalue weighted by molar-refractivity contribution is 0.628. The summed E-state index contributed by atoms with van der Waals surface area (Å²) in [5, 5.41) is 1.16. The first kappa shape index (κ1) is 15.1. The summed E-state index contributed by atoms with van der Waals surface area (Å²) in [4.78, 5) is 8.43. The first-order chi connectivity index (χ1) is 11.6. The second-order valence-electron chi connectivity index (χ2n) is 5.24. The van der Waals surface area contributed by atoms with Crippen LogP contribution >= 0.6 is 23.2 Å². The molecule has 3 nitrogen and oxygen atoms in total. The van der Waals surface area contributed by atoms with E-state index in [-0.39, 0.29) is 5.02 Å². The Labute approximate surface area is 147 Å². The minimum atomic E-state index is -0.465. The first-order valence-electron chi connectivity index (χ1n) is 7.17. The van der Waals surface area contributed by atoms with E-state index < -0.39 is 5.82 Å². The standard InChI is InChI=1S/C18H10Cl2FN3/c19-14-8-12(6-7-15(14)21)24-9-13(11-4-2-1-3-5-11)16-17(20)22-10-23-18(16)24/h1-10H. The molecule has 0 saturated carbocycles. The molecule has 0 bridgehead atoms. The lowest BCUT2D eigenvalue weighted by atomic mass is 10.1. The van der Waals surface area contributed by atoms with Gasteiger partial charge in [-0.3, -0.25) is 0 Å². The van der Waals surface area contributed by atoms with Crippen molar-refractivity contribution in [2.75, 3.05) is 0 Å². The van der Waals surface area contributed by atoms with Crippen molar-refractivity contribution < 1.29 is 4.39 Å². The van der Waals surface area contributed by atoms with Gasteiger partial charge < -0.3 is 4.57 Å². The largest absolute Gasteiger partial charge is 0.300 e. The van der Waals surface area contributed by atoms with Crippen LogP contribution in [0, 0.1) is 5.82 Å². The van der Waals surface area contributed by atoms with Crippen molar-refractivity contribution in [1.29, 1.82) is 0 Å². The van der Waals surface area contributed by atoms with E-state index >= 15 is 0 Å². The molecule has 0 N–H and O–H groups in total. The van der Waals surface area contributed by atoms with Crippen LogP contribution in [0.5, 0.6) is 0 Å². The molecule has 118 valence electrons. The lowest BCUT2D eigenvalue weighted by Gasteiger charge is -2.05. The van der Waals surface area contributed by atoms with Crippen molar-refractivity contribution in [2.24, 2.45) is 0 Å². The lowest BCUT2D eigenvalue weighted by Crippen LogP contribution is -1.95. The smallest absolute Gasteiger partial charge is 0.150 e. The highest BCUT2D eigenvalue weighted by Crippen LogP contribution is 2.35. The number of hydrogen-bond donors (Lipinski definition) is 0. The molecule has 2 heterocycles. The highest BCUT2D eigenvalue weighted by atomic mass is 35.5. The monoisotopic (exact) mass is 357 g/mol. The maximum atomic E-state index is 13.5. The second-order valence-corrected chi connectivity index (χ2v) is 6.01. The van der Waals surface area contributed by atoms with Crippen LogP contribution in [0.15, 0.2) is 61.1 Å². The third-order valence-electron chi connectivity index (χ3n) is 3.80. The van der Waals surface area contributed by atoms with E-state index in [1.54, 1.807) is 12.1 Å². The third-order valence-corrected chi connectivity index (χ3v) is 4.38. The average Bonchev–Trinajstić information content (AvgIpc) is 2.99. The van der Waals surface area contributed by atoms with Crippen molar-refractivity contribution in [3.63, 3.8) is 0 Å². The van der Waals surface area contributed by atoms with Crippen molar-refractivity contribution in [3.05, 3.63) is 77.0 Å². The summed E-state index contributed by atoms with van der Waals surface area (Å²) in [6, 6.07) is 14.3. The first-order valence-corrected chi connectivity index (χ1v) is 7.93. The summed E-state index contributed by atoms with van der Waals surface area (Å²) in [6.45, 7) is 0. The number of fused-ring (bicyclic) bond motifs is 1. The molecule has 4 aromatic rings. The van der Waals surface area contributed by atoms with Gasteiger partial charge in [-0.25, -0.2) is 14.4 Å². The Balaban J connectivity index is 2.04. The molecular weight excluding hydrogens is 348 g/mol. The normalized spacial score (nSPS) is 11.1. The molecule has 6 heteroatoms. The molecule has 0 aliphatic rings. The fraction of sp³-hybridized carbons (Fsp3) is 0. The zero-order chi connectivity index (χ0) is 16.7. The molecule has 0 unspecified atom stereocenters. The van der Waals surface area contributed by atoms with Gasteiger partial charge in [0, 0.05) is 17.4 Å². The van der Waals surface area contributed by atoms with Crippen LogP contribution in [0.2, 0.25) is 10.2 Å². The van der Waals surface area contributed by atoms with Crippen molar-refractivity contribution >= 4 is 34.2 Å². The van der Waals surface area contributed by atoms with Gasteiger partial charge >= 0.3 is 0 Å². The number of nitrogens with zero attached hydrogens (tertiary/aromatic N) is 3. The fourth-order valence-electron chi connectivity index (χ4n) is 2.69. The highest BCUT2D eigenvalue weighted by molar-refractivity contribution is 6.35. The molecular formula is C18H10Cl2FN3. The SMILES string of the molecule is Fc1ccc(-n2cc(-c3ccccc3)c3c(Cl)ncnc32)cc1Cl. The summed E-state index contributed by atoms with van der Waals surface area (Å²) in [5.41, 5.74) is 3.22. The van der Waals surface area contributed by atoms with E-state index in [4.69, 9.17) is 23.2 Å². The van der Waals surface area contributed by atoms with Gasteiger partial charge in [0.15, 0.2) is 0 Å². The van der Waals surface area contributed by atoms with Crippen LogP contribution < -0.4 is 0 Å². The number of hydrogen-bond acceptors (Lipinski definition) is 2. The van der Waals surface area contributed by atoms with Crippen LogP contribution in [0.25, 0.3) is 27.8 Å². The predicted octanol–water partition coefficient (Wildman–Crippen LogP) is 5.53. The Bertz CT molecular complexity index is 1050. The van der Waals surface area contributed by atoms with Gasteiger partial charge in [-0.2, -0.15) is 0 Å². The van der Waals surface area contributed by atoms with E-state index in [0.717, 1.165) is 16.5 Å². The minimum absolute atomic E-state index is 0.0516. The molecule has 24 heavy (non-hydrogen) atoms. The van der Waals surface area contributed by atoms with E-state index in [1.807, 2.05) is 41.1 Å². The Morgan fingerprint density at radius 1 is 0.958 bits per heavy atom.